The summed E-state index contributed by atoms with van der Waals surface area (Å²) in [6.07, 6.45) is 4.58. The van der Waals surface area contributed by atoms with E-state index in [2.05, 4.69) is 0 Å². The average molecular weight is 388 g/mol. The lowest BCUT2D eigenvalue weighted by atomic mass is 10.1. The van der Waals surface area contributed by atoms with E-state index in [1.807, 2.05) is 41.1 Å². The van der Waals surface area contributed by atoms with Crippen LogP contribution in [0.2, 0.25) is 0 Å². The molecule has 0 unspecified atom stereocenters. The van der Waals surface area contributed by atoms with Crippen molar-refractivity contribution in [3.63, 3.8) is 0 Å². The maximum atomic E-state index is 15.4. The zero-order valence-electron chi connectivity index (χ0n) is 15.6. The number of rotatable bonds is 3. The van der Waals surface area contributed by atoms with Crippen LogP contribution >= 0.6 is 0 Å². The first kappa shape index (κ1) is 17.8. The monoisotopic (exact) mass is 388 g/mol. The number of benzene rings is 3. The minimum atomic E-state index is -0.305. The molecule has 0 spiro atoms. The molecule has 0 fully saturated rings. The van der Waals surface area contributed by atoms with Gasteiger partial charge in [-0.05, 0) is 41.8 Å². The van der Waals surface area contributed by atoms with E-state index in [1.54, 1.807) is 24.3 Å². The van der Waals surface area contributed by atoms with Gasteiger partial charge in [0.15, 0.2) is 0 Å². The average Bonchev–Trinajstić information content (AvgIpc) is 3.20. The second-order valence-electron chi connectivity index (χ2n) is 7.00. The number of imidazole rings is 1. The summed E-state index contributed by atoms with van der Waals surface area (Å²) in [5, 5.41) is 1.40. The van der Waals surface area contributed by atoms with Gasteiger partial charge in [-0.15, -0.1) is 0 Å². The van der Waals surface area contributed by atoms with E-state index >= 15 is 4.39 Å². The summed E-state index contributed by atoms with van der Waals surface area (Å²) in [5.41, 5.74) is 2.89. The van der Waals surface area contributed by atoms with Crippen molar-refractivity contribution in [2.75, 3.05) is 13.2 Å². The summed E-state index contributed by atoms with van der Waals surface area (Å²) in [4.78, 5) is 4.74. The summed E-state index contributed by atoms with van der Waals surface area (Å²) >= 11 is 0. The van der Waals surface area contributed by atoms with Gasteiger partial charge in [0.05, 0.1) is 24.5 Å². The lowest BCUT2D eigenvalue weighted by Crippen LogP contribution is -2.09. The summed E-state index contributed by atoms with van der Waals surface area (Å²) in [6.45, 7) is 1.12. The molecule has 0 atom stereocenters. The number of fused-ring (bicyclic) bond motifs is 1. The van der Waals surface area contributed by atoms with E-state index in [9.17, 15) is 4.39 Å². The zero-order chi connectivity index (χ0) is 19.8. The third-order valence-electron chi connectivity index (χ3n) is 5.20. The number of aromatic nitrogens is 2. The number of hydrogen-bond acceptors (Lipinski definition) is 2. The van der Waals surface area contributed by atoms with E-state index in [1.165, 1.54) is 12.1 Å². The fourth-order valence-electron chi connectivity index (χ4n) is 3.69. The third-order valence-corrected chi connectivity index (χ3v) is 5.20. The zero-order valence-corrected chi connectivity index (χ0v) is 15.6. The predicted molar refractivity (Wildman–Crippen MR) is 110 cm³/mol. The van der Waals surface area contributed by atoms with Gasteiger partial charge in [0.1, 0.15) is 17.5 Å². The highest BCUT2D eigenvalue weighted by Gasteiger charge is 2.19. The summed E-state index contributed by atoms with van der Waals surface area (Å²) < 4.78 is 36.1. The summed E-state index contributed by atoms with van der Waals surface area (Å²) in [5.74, 6) is -0.0740. The Kier molecular flexibility index (Phi) is 4.45. The quantitative estimate of drug-likeness (QED) is 0.436. The topological polar surface area (TPSA) is 27.1 Å². The number of halogens is 2. The molecule has 0 bridgehead atoms. The Balaban J connectivity index is 1.71. The van der Waals surface area contributed by atoms with Crippen LogP contribution in [0.3, 0.4) is 0 Å². The predicted octanol–water partition coefficient (Wildman–Crippen LogP) is 5.91. The third kappa shape index (κ3) is 3.23. The van der Waals surface area contributed by atoms with Gasteiger partial charge < -0.3 is 9.30 Å². The van der Waals surface area contributed by atoms with Gasteiger partial charge in [0.25, 0.3) is 0 Å². The van der Waals surface area contributed by atoms with Gasteiger partial charge in [-0.3, -0.25) is 0 Å². The van der Waals surface area contributed by atoms with Crippen molar-refractivity contribution < 1.29 is 13.5 Å². The molecule has 5 rings (SSSR count). The van der Waals surface area contributed by atoms with Crippen molar-refractivity contribution in [2.24, 2.45) is 0 Å². The molecule has 0 aliphatic carbocycles. The van der Waals surface area contributed by atoms with E-state index in [0.717, 1.165) is 16.6 Å². The second kappa shape index (κ2) is 7.26. The minimum absolute atomic E-state index is 0.298. The molecule has 1 aliphatic heterocycles. The molecule has 3 aromatic carbocycles. The smallest absolute Gasteiger partial charge is 0.147 e. The maximum absolute atomic E-state index is 15.4. The van der Waals surface area contributed by atoms with Crippen LogP contribution in [0.25, 0.3) is 39.1 Å². The lowest BCUT2D eigenvalue weighted by Gasteiger charge is -2.17. The Bertz CT molecular complexity index is 1230. The van der Waals surface area contributed by atoms with E-state index in [4.69, 9.17) is 9.72 Å². The van der Waals surface area contributed by atoms with Crippen LogP contribution in [0.1, 0.15) is 6.42 Å². The molecule has 0 radical (unpaired) electrons. The van der Waals surface area contributed by atoms with Crippen molar-refractivity contribution >= 4 is 16.5 Å². The fourth-order valence-corrected chi connectivity index (χ4v) is 3.69. The van der Waals surface area contributed by atoms with Gasteiger partial charge in [-0.1, -0.05) is 30.3 Å². The van der Waals surface area contributed by atoms with Crippen LogP contribution in [0, 0.1) is 11.6 Å². The van der Waals surface area contributed by atoms with E-state index < -0.39 is 0 Å². The first-order chi connectivity index (χ1) is 14.2. The standard InChI is InChI=1S/C24H18F2N2O/c25-18-8-5-17(6-9-18)22-15-28(19-11-13-29-14-12-19)24(27-22)21-10-7-16-3-1-2-4-20(16)23(21)26/h1-11,15H,12-14H2. The molecule has 2 heterocycles. The number of hydrogen-bond donors (Lipinski definition) is 0. The molecule has 29 heavy (non-hydrogen) atoms. The minimum Gasteiger partial charge on any atom is -0.377 e. The van der Waals surface area contributed by atoms with Gasteiger partial charge in [0, 0.05) is 29.3 Å². The van der Waals surface area contributed by atoms with Gasteiger partial charge >= 0.3 is 0 Å². The molecular formula is C24H18F2N2O. The SMILES string of the molecule is Fc1ccc(-c2cn(C3=CCOCC3)c(-c3ccc4ccccc4c3F)n2)cc1. The molecule has 5 heteroatoms. The molecule has 1 aromatic heterocycles. The Morgan fingerprint density at radius 3 is 2.55 bits per heavy atom. The Morgan fingerprint density at radius 2 is 1.76 bits per heavy atom. The van der Waals surface area contributed by atoms with E-state index in [-0.39, 0.29) is 11.6 Å². The first-order valence-corrected chi connectivity index (χ1v) is 9.51. The van der Waals surface area contributed by atoms with Crippen molar-refractivity contribution in [3.05, 3.63) is 84.6 Å². The van der Waals surface area contributed by atoms with Crippen LogP contribution in [0.5, 0.6) is 0 Å². The summed E-state index contributed by atoms with van der Waals surface area (Å²) in [6, 6.07) is 17.2. The highest BCUT2D eigenvalue weighted by atomic mass is 19.1. The Hall–Kier alpha value is -3.31. The van der Waals surface area contributed by atoms with Crippen molar-refractivity contribution in [2.45, 2.75) is 6.42 Å². The van der Waals surface area contributed by atoms with Crippen molar-refractivity contribution in [1.29, 1.82) is 0 Å². The molecule has 0 saturated carbocycles. The molecule has 0 saturated heterocycles. The van der Waals surface area contributed by atoms with Crippen LogP contribution < -0.4 is 0 Å². The number of ether oxygens (including phenoxy) is 1. The first-order valence-electron chi connectivity index (χ1n) is 9.51. The molecule has 0 N–H and O–H groups in total. The molecule has 3 nitrogen and oxygen atoms in total. The molecule has 1 aliphatic rings. The maximum Gasteiger partial charge on any atom is 0.147 e. The van der Waals surface area contributed by atoms with E-state index in [0.29, 0.717) is 42.1 Å². The summed E-state index contributed by atoms with van der Waals surface area (Å²) in [7, 11) is 0. The Labute approximate surface area is 166 Å². The van der Waals surface area contributed by atoms with Crippen molar-refractivity contribution in [3.8, 4) is 22.6 Å². The highest BCUT2D eigenvalue weighted by molar-refractivity contribution is 5.88. The fraction of sp³-hybridized carbons (Fsp3) is 0.125. The van der Waals surface area contributed by atoms with Gasteiger partial charge in [-0.2, -0.15) is 0 Å². The molecule has 0 amide bonds. The van der Waals surface area contributed by atoms with Crippen LogP contribution in [0.15, 0.2) is 72.9 Å². The van der Waals surface area contributed by atoms with Crippen molar-refractivity contribution in [1.82, 2.24) is 9.55 Å². The largest absolute Gasteiger partial charge is 0.377 e. The lowest BCUT2D eigenvalue weighted by molar-refractivity contribution is 0.159. The molecule has 4 aromatic rings. The van der Waals surface area contributed by atoms with Crippen LogP contribution in [-0.4, -0.2) is 22.8 Å². The normalized spacial score (nSPS) is 14.2. The second-order valence-corrected chi connectivity index (χ2v) is 7.00. The van der Waals surface area contributed by atoms with Crippen LogP contribution in [-0.2, 0) is 4.74 Å². The molecular weight excluding hydrogens is 370 g/mol. The Morgan fingerprint density at radius 1 is 0.931 bits per heavy atom. The highest BCUT2D eigenvalue weighted by Crippen LogP contribution is 2.33. The van der Waals surface area contributed by atoms with Gasteiger partial charge in [-0.25, -0.2) is 13.8 Å². The molecule has 144 valence electrons. The van der Waals surface area contributed by atoms with Gasteiger partial charge in [0.2, 0.25) is 0 Å². The van der Waals surface area contributed by atoms with Crippen LogP contribution in [0.4, 0.5) is 8.78 Å². The number of nitrogens with zero attached hydrogens (tertiary/aromatic N) is 2.